The van der Waals surface area contributed by atoms with E-state index in [9.17, 15) is 14.0 Å². The summed E-state index contributed by atoms with van der Waals surface area (Å²) in [5.74, 6) is 0.221. The van der Waals surface area contributed by atoms with Gasteiger partial charge in [0.05, 0.1) is 32.0 Å². The zero-order valence-electron chi connectivity index (χ0n) is 18.1. The molecule has 0 atom stereocenters. The van der Waals surface area contributed by atoms with Crippen molar-refractivity contribution >= 4 is 17.5 Å². The van der Waals surface area contributed by atoms with E-state index in [-0.39, 0.29) is 36.4 Å². The summed E-state index contributed by atoms with van der Waals surface area (Å²) in [6.07, 6.45) is 3.24. The Kier molecular flexibility index (Phi) is 6.69. The molecule has 0 fully saturated rings. The summed E-state index contributed by atoms with van der Waals surface area (Å²) >= 11 is 0. The molecule has 33 heavy (non-hydrogen) atoms. The number of benzene rings is 2. The quantitative estimate of drug-likeness (QED) is 0.379. The van der Waals surface area contributed by atoms with Gasteiger partial charge in [-0.15, -0.1) is 0 Å². The van der Waals surface area contributed by atoms with Gasteiger partial charge in [0.1, 0.15) is 11.6 Å². The second-order valence-electron chi connectivity index (χ2n) is 7.67. The van der Waals surface area contributed by atoms with E-state index in [1.165, 1.54) is 18.4 Å². The van der Waals surface area contributed by atoms with Crippen LogP contribution in [0.25, 0.3) is 0 Å². The lowest BCUT2D eigenvalue weighted by atomic mass is 10.1. The van der Waals surface area contributed by atoms with Crippen molar-refractivity contribution in [2.45, 2.75) is 19.5 Å². The summed E-state index contributed by atoms with van der Waals surface area (Å²) in [4.78, 5) is 28.8. The van der Waals surface area contributed by atoms with Crippen molar-refractivity contribution in [1.82, 2.24) is 4.90 Å². The molecule has 2 amide bonds. The second-order valence-corrected chi connectivity index (χ2v) is 7.67. The predicted molar refractivity (Wildman–Crippen MR) is 121 cm³/mol. The van der Waals surface area contributed by atoms with Crippen LogP contribution in [0.5, 0.6) is 0 Å². The van der Waals surface area contributed by atoms with Crippen LogP contribution in [0.15, 0.2) is 94.2 Å². The number of halogens is 1. The third kappa shape index (κ3) is 5.57. The molecule has 6 nitrogen and oxygen atoms in total. The molecule has 7 heteroatoms. The molecular formula is C26H23FN2O4. The molecule has 0 saturated heterocycles. The minimum atomic E-state index is -0.339. The van der Waals surface area contributed by atoms with Crippen molar-refractivity contribution in [3.63, 3.8) is 0 Å². The van der Waals surface area contributed by atoms with Gasteiger partial charge in [-0.3, -0.25) is 9.59 Å². The summed E-state index contributed by atoms with van der Waals surface area (Å²) in [6, 6.07) is 20.1. The highest BCUT2D eigenvalue weighted by Crippen LogP contribution is 2.22. The monoisotopic (exact) mass is 446 g/mol. The Morgan fingerprint density at radius 3 is 2.12 bits per heavy atom. The van der Waals surface area contributed by atoms with Crippen LogP contribution in [-0.2, 0) is 24.3 Å². The number of likely N-dealkylation sites (N-methyl/N-ethyl adjacent to an activating group) is 1. The Balaban J connectivity index is 1.49. The van der Waals surface area contributed by atoms with Crippen LogP contribution in [0.4, 0.5) is 10.1 Å². The maximum Gasteiger partial charge on any atom is 0.294 e. The molecule has 0 N–H and O–H groups in total. The average molecular weight is 446 g/mol. The first kappa shape index (κ1) is 22.1. The van der Waals surface area contributed by atoms with Gasteiger partial charge in [0.2, 0.25) is 5.91 Å². The van der Waals surface area contributed by atoms with Crippen LogP contribution >= 0.6 is 0 Å². The third-order valence-corrected chi connectivity index (χ3v) is 5.23. The first-order chi connectivity index (χ1) is 16.0. The lowest BCUT2D eigenvalue weighted by Crippen LogP contribution is -2.30. The normalized spacial score (nSPS) is 10.7. The van der Waals surface area contributed by atoms with Crippen LogP contribution in [0.1, 0.15) is 27.4 Å². The molecule has 0 bridgehead atoms. The molecule has 168 valence electrons. The van der Waals surface area contributed by atoms with E-state index >= 15 is 0 Å². The fourth-order valence-electron chi connectivity index (χ4n) is 3.41. The molecule has 2 heterocycles. The van der Waals surface area contributed by atoms with E-state index in [0.717, 1.165) is 11.1 Å². The molecule has 2 aromatic carbocycles. The molecule has 0 aliphatic heterocycles. The van der Waals surface area contributed by atoms with E-state index in [2.05, 4.69) is 0 Å². The molecule has 0 unspecified atom stereocenters. The standard InChI is InChI=1S/C26H23FN2O4/c1-28(18-23-4-2-14-32-23)25(30)16-19-8-12-22(13-9-19)29(26(31)24-5-3-15-33-24)17-20-6-10-21(27)11-7-20/h2-15H,16-18H2,1H3. The Hall–Kier alpha value is -4.13. The third-order valence-electron chi connectivity index (χ3n) is 5.23. The maximum absolute atomic E-state index is 13.3. The van der Waals surface area contributed by atoms with Crippen molar-refractivity contribution in [2.75, 3.05) is 11.9 Å². The summed E-state index contributed by atoms with van der Waals surface area (Å²) < 4.78 is 23.9. The SMILES string of the molecule is CN(Cc1ccco1)C(=O)Cc1ccc(N(Cc2ccc(F)cc2)C(=O)c2ccco2)cc1. The van der Waals surface area contributed by atoms with Crippen LogP contribution < -0.4 is 4.90 Å². The number of nitrogens with zero attached hydrogens (tertiary/aromatic N) is 2. The number of hydrogen-bond donors (Lipinski definition) is 0. The molecule has 4 rings (SSSR count). The molecule has 0 aliphatic carbocycles. The van der Waals surface area contributed by atoms with Gasteiger partial charge in [0.25, 0.3) is 5.91 Å². The highest BCUT2D eigenvalue weighted by Gasteiger charge is 2.21. The number of carbonyl (C=O) groups is 2. The number of amides is 2. The fraction of sp³-hybridized carbons (Fsp3) is 0.154. The Morgan fingerprint density at radius 1 is 0.818 bits per heavy atom. The summed E-state index contributed by atoms with van der Waals surface area (Å²) in [5.41, 5.74) is 2.23. The molecule has 0 aliphatic rings. The second kappa shape index (κ2) is 9.99. The molecule has 0 saturated carbocycles. The topological polar surface area (TPSA) is 66.9 Å². The average Bonchev–Trinajstić information content (AvgIpc) is 3.53. The van der Waals surface area contributed by atoms with Gasteiger partial charge in [-0.1, -0.05) is 24.3 Å². The zero-order valence-corrected chi connectivity index (χ0v) is 18.1. The van der Waals surface area contributed by atoms with E-state index in [0.29, 0.717) is 18.0 Å². The summed E-state index contributed by atoms with van der Waals surface area (Å²) in [6.45, 7) is 0.636. The van der Waals surface area contributed by atoms with Crippen molar-refractivity contribution in [2.24, 2.45) is 0 Å². The van der Waals surface area contributed by atoms with E-state index in [4.69, 9.17) is 8.83 Å². The number of hydrogen-bond acceptors (Lipinski definition) is 4. The Bertz CT molecular complexity index is 1180. The van der Waals surface area contributed by atoms with Crippen LogP contribution in [0, 0.1) is 5.82 Å². The van der Waals surface area contributed by atoms with Crippen molar-refractivity contribution in [3.8, 4) is 0 Å². The van der Waals surface area contributed by atoms with E-state index in [1.807, 2.05) is 18.2 Å². The smallest absolute Gasteiger partial charge is 0.294 e. The minimum absolute atomic E-state index is 0.0472. The van der Waals surface area contributed by atoms with E-state index in [1.54, 1.807) is 65.6 Å². The lowest BCUT2D eigenvalue weighted by Gasteiger charge is -2.22. The van der Waals surface area contributed by atoms with Gasteiger partial charge in [-0.05, 0) is 59.7 Å². The van der Waals surface area contributed by atoms with Gasteiger partial charge in [-0.25, -0.2) is 4.39 Å². The lowest BCUT2D eigenvalue weighted by molar-refractivity contribution is -0.129. The van der Waals surface area contributed by atoms with Gasteiger partial charge in [0.15, 0.2) is 5.76 Å². The first-order valence-electron chi connectivity index (χ1n) is 10.4. The van der Waals surface area contributed by atoms with E-state index < -0.39 is 0 Å². The van der Waals surface area contributed by atoms with Crippen LogP contribution in [0.2, 0.25) is 0 Å². The first-order valence-corrected chi connectivity index (χ1v) is 10.4. The predicted octanol–water partition coefficient (Wildman–Crippen LogP) is 5.06. The minimum Gasteiger partial charge on any atom is -0.467 e. The summed E-state index contributed by atoms with van der Waals surface area (Å²) in [5, 5.41) is 0. The van der Waals surface area contributed by atoms with Gasteiger partial charge >= 0.3 is 0 Å². The number of furan rings is 2. The fourth-order valence-corrected chi connectivity index (χ4v) is 3.41. The highest BCUT2D eigenvalue weighted by atomic mass is 19.1. The number of carbonyl (C=O) groups excluding carboxylic acids is 2. The molecular weight excluding hydrogens is 423 g/mol. The zero-order chi connectivity index (χ0) is 23.2. The Morgan fingerprint density at radius 2 is 1.48 bits per heavy atom. The van der Waals surface area contributed by atoms with Gasteiger partial charge in [0, 0.05) is 12.7 Å². The molecule has 0 spiro atoms. The molecule has 0 radical (unpaired) electrons. The van der Waals surface area contributed by atoms with Crippen molar-refractivity contribution < 1.29 is 22.8 Å². The summed E-state index contributed by atoms with van der Waals surface area (Å²) in [7, 11) is 1.73. The highest BCUT2D eigenvalue weighted by molar-refractivity contribution is 6.04. The number of anilines is 1. The van der Waals surface area contributed by atoms with Crippen LogP contribution in [0.3, 0.4) is 0 Å². The van der Waals surface area contributed by atoms with Crippen molar-refractivity contribution in [3.05, 3.63) is 114 Å². The van der Waals surface area contributed by atoms with Gasteiger partial charge in [-0.2, -0.15) is 0 Å². The molecule has 2 aromatic heterocycles. The maximum atomic E-state index is 13.3. The Labute approximate surface area is 190 Å². The molecule has 4 aromatic rings. The largest absolute Gasteiger partial charge is 0.467 e. The van der Waals surface area contributed by atoms with Crippen molar-refractivity contribution in [1.29, 1.82) is 0 Å². The van der Waals surface area contributed by atoms with Crippen LogP contribution in [-0.4, -0.2) is 23.8 Å². The number of rotatable bonds is 8. The van der Waals surface area contributed by atoms with Gasteiger partial charge < -0.3 is 18.6 Å².